The van der Waals surface area contributed by atoms with Gasteiger partial charge in [0.05, 0.1) is 11.3 Å². The predicted octanol–water partition coefficient (Wildman–Crippen LogP) is 3.15. The maximum atomic E-state index is 13.1. The second kappa shape index (κ2) is 8.48. The molecule has 2 aromatic rings. The lowest BCUT2D eigenvalue weighted by molar-refractivity contribution is -0.123. The van der Waals surface area contributed by atoms with Crippen LogP contribution < -0.4 is 15.5 Å². The van der Waals surface area contributed by atoms with Gasteiger partial charge in [-0.2, -0.15) is 0 Å². The van der Waals surface area contributed by atoms with E-state index in [1.165, 1.54) is 4.90 Å². The van der Waals surface area contributed by atoms with E-state index in [-0.39, 0.29) is 30.2 Å². The van der Waals surface area contributed by atoms with Gasteiger partial charge in [0.15, 0.2) is 0 Å². The van der Waals surface area contributed by atoms with Gasteiger partial charge in [-0.3, -0.25) is 14.4 Å². The van der Waals surface area contributed by atoms with E-state index < -0.39 is 6.04 Å². The molecule has 1 heterocycles. The van der Waals surface area contributed by atoms with Gasteiger partial charge >= 0.3 is 0 Å². The van der Waals surface area contributed by atoms with Crippen molar-refractivity contribution >= 4 is 40.9 Å². The SMILES string of the molecule is CSc1cccc(NC(=O)CN2C(=O)[C@H](C(C)C)NC(=O)c3ccccc32)c1. The minimum absolute atomic E-state index is 0.102. The number of nitrogens with zero attached hydrogens (tertiary/aromatic N) is 1. The second-order valence-corrected chi connectivity index (χ2v) is 7.80. The van der Waals surface area contributed by atoms with Crippen molar-refractivity contribution in [3.05, 3.63) is 54.1 Å². The molecule has 7 heteroatoms. The number of nitrogens with one attached hydrogen (secondary N) is 2. The lowest BCUT2D eigenvalue weighted by Crippen LogP contribution is -2.50. The van der Waals surface area contributed by atoms with Gasteiger partial charge in [0, 0.05) is 10.6 Å². The van der Waals surface area contributed by atoms with Gasteiger partial charge in [0.2, 0.25) is 11.8 Å². The molecule has 146 valence electrons. The number of hydrogen-bond donors (Lipinski definition) is 2. The molecular weight excluding hydrogens is 374 g/mol. The third-order valence-electron chi connectivity index (χ3n) is 4.58. The summed E-state index contributed by atoms with van der Waals surface area (Å²) < 4.78 is 0. The first kappa shape index (κ1) is 19.9. The quantitative estimate of drug-likeness (QED) is 0.760. The van der Waals surface area contributed by atoms with Crippen molar-refractivity contribution in [2.45, 2.75) is 24.8 Å². The van der Waals surface area contributed by atoms with Crippen LogP contribution in [0.2, 0.25) is 0 Å². The Labute approximate surface area is 168 Å². The van der Waals surface area contributed by atoms with Crippen LogP contribution in [-0.4, -0.2) is 36.6 Å². The maximum absolute atomic E-state index is 13.1. The first-order valence-electron chi connectivity index (χ1n) is 9.06. The molecule has 2 aromatic carbocycles. The number of para-hydroxylation sites is 1. The molecule has 3 amide bonds. The highest BCUT2D eigenvalue weighted by Crippen LogP contribution is 2.26. The van der Waals surface area contributed by atoms with Crippen molar-refractivity contribution in [2.24, 2.45) is 5.92 Å². The van der Waals surface area contributed by atoms with Crippen LogP contribution in [0.1, 0.15) is 24.2 Å². The number of amides is 3. The number of anilines is 2. The number of carbonyl (C=O) groups is 3. The molecule has 0 spiro atoms. The van der Waals surface area contributed by atoms with Crippen LogP contribution in [-0.2, 0) is 9.59 Å². The fourth-order valence-electron chi connectivity index (χ4n) is 3.13. The molecular formula is C21H23N3O3S. The van der Waals surface area contributed by atoms with Crippen LogP contribution in [0.4, 0.5) is 11.4 Å². The Bertz CT molecular complexity index is 913. The molecule has 0 unspecified atom stereocenters. The summed E-state index contributed by atoms with van der Waals surface area (Å²) in [7, 11) is 0. The molecule has 2 N–H and O–H groups in total. The standard InChI is InChI=1S/C21H23N3O3S/c1-13(2)19-21(27)24(17-10-5-4-9-16(17)20(26)23-19)12-18(25)22-14-7-6-8-15(11-14)28-3/h4-11,13,19H,12H2,1-3H3,(H,22,25)(H,23,26)/t19-/m0/s1. The Kier molecular flexibility index (Phi) is 6.04. The van der Waals surface area contributed by atoms with Crippen LogP contribution in [0.3, 0.4) is 0 Å². The number of benzene rings is 2. The van der Waals surface area contributed by atoms with Crippen molar-refractivity contribution in [3.8, 4) is 0 Å². The van der Waals surface area contributed by atoms with E-state index in [1.807, 2.05) is 38.3 Å². The zero-order chi connectivity index (χ0) is 20.3. The zero-order valence-corrected chi connectivity index (χ0v) is 16.9. The monoisotopic (exact) mass is 397 g/mol. The summed E-state index contributed by atoms with van der Waals surface area (Å²) in [4.78, 5) is 40.8. The minimum Gasteiger partial charge on any atom is -0.340 e. The first-order valence-corrected chi connectivity index (χ1v) is 10.3. The Morgan fingerprint density at radius 2 is 1.93 bits per heavy atom. The van der Waals surface area contributed by atoms with Gasteiger partial charge < -0.3 is 15.5 Å². The number of thioether (sulfide) groups is 1. The Morgan fingerprint density at radius 1 is 1.18 bits per heavy atom. The van der Waals surface area contributed by atoms with Gasteiger partial charge in [0.1, 0.15) is 12.6 Å². The highest BCUT2D eigenvalue weighted by atomic mass is 32.2. The first-order chi connectivity index (χ1) is 13.4. The zero-order valence-electron chi connectivity index (χ0n) is 16.1. The van der Waals surface area contributed by atoms with Crippen molar-refractivity contribution in [3.63, 3.8) is 0 Å². The van der Waals surface area contributed by atoms with Crippen molar-refractivity contribution in [2.75, 3.05) is 23.0 Å². The smallest absolute Gasteiger partial charge is 0.254 e. The molecule has 1 atom stereocenters. The number of fused-ring (bicyclic) bond motifs is 1. The van der Waals surface area contributed by atoms with Crippen LogP contribution in [0.5, 0.6) is 0 Å². The molecule has 0 aliphatic carbocycles. The van der Waals surface area contributed by atoms with Crippen LogP contribution in [0.25, 0.3) is 0 Å². The lowest BCUT2D eigenvalue weighted by Gasteiger charge is -2.26. The summed E-state index contributed by atoms with van der Waals surface area (Å²) in [6.45, 7) is 3.56. The van der Waals surface area contributed by atoms with Crippen molar-refractivity contribution < 1.29 is 14.4 Å². The highest BCUT2D eigenvalue weighted by Gasteiger charge is 2.36. The Morgan fingerprint density at radius 3 is 2.64 bits per heavy atom. The van der Waals surface area contributed by atoms with Gasteiger partial charge in [-0.05, 0) is 42.5 Å². The third-order valence-corrected chi connectivity index (χ3v) is 5.31. The summed E-state index contributed by atoms with van der Waals surface area (Å²) in [5, 5.41) is 5.63. The van der Waals surface area contributed by atoms with Crippen LogP contribution >= 0.6 is 11.8 Å². The van der Waals surface area contributed by atoms with Crippen LogP contribution in [0, 0.1) is 5.92 Å². The second-order valence-electron chi connectivity index (χ2n) is 6.92. The molecule has 1 aliphatic rings. The highest BCUT2D eigenvalue weighted by molar-refractivity contribution is 7.98. The van der Waals surface area contributed by atoms with E-state index in [0.29, 0.717) is 16.9 Å². The average Bonchev–Trinajstić information content (AvgIpc) is 2.78. The van der Waals surface area contributed by atoms with Crippen molar-refractivity contribution in [1.82, 2.24) is 5.32 Å². The number of hydrogen-bond acceptors (Lipinski definition) is 4. The molecule has 0 bridgehead atoms. The summed E-state index contributed by atoms with van der Waals surface area (Å²) in [6.07, 6.45) is 1.96. The molecule has 3 rings (SSSR count). The molecule has 6 nitrogen and oxygen atoms in total. The Balaban J connectivity index is 1.88. The minimum atomic E-state index is -0.687. The predicted molar refractivity (Wildman–Crippen MR) is 112 cm³/mol. The number of carbonyl (C=O) groups excluding carboxylic acids is 3. The Hall–Kier alpha value is -2.80. The molecule has 1 aliphatic heterocycles. The molecule has 0 saturated carbocycles. The molecule has 0 aromatic heterocycles. The molecule has 0 saturated heterocycles. The largest absolute Gasteiger partial charge is 0.340 e. The van der Waals surface area contributed by atoms with E-state index in [1.54, 1.807) is 42.1 Å². The fraction of sp³-hybridized carbons (Fsp3) is 0.286. The van der Waals surface area contributed by atoms with Gasteiger partial charge in [-0.1, -0.05) is 32.0 Å². The van der Waals surface area contributed by atoms with E-state index in [2.05, 4.69) is 10.6 Å². The topological polar surface area (TPSA) is 78.5 Å². The van der Waals surface area contributed by atoms with Gasteiger partial charge in [0.25, 0.3) is 5.91 Å². The van der Waals surface area contributed by atoms with Gasteiger partial charge in [-0.25, -0.2) is 0 Å². The summed E-state index contributed by atoms with van der Waals surface area (Å²) in [6, 6.07) is 13.7. The van der Waals surface area contributed by atoms with E-state index in [9.17, 15) is 14.4 Å². The third kappa shape index (κ3) is 4.20. The summed E-state index contributed by atoms with van der Waals surface area (Å²) >= 11 is 1.58. The molecule has 0 fully saturated rings. The summed E-state index contributed by atoms with van der Waals surface area (Å²) in [5.41, 5.74) is 1.50. The van der Waals surface area contributed by atoms with Crippen molar-refractivity contribution in [1.29, 1.82) is 0 Å². The van der Waals surface area contributed by atoms with Crippen LogP contribution in [0.15, 0.2) is 53.4 Å². The number of rotatable bonds is 5. The molecule has 28 heavy (non-hydrogen) atoms. The fourth-order valence-corrected chi connectivity index (χ4v) is 3.59. The summed E-state index contributed by atoms with van der Waals surface area (Å²) in [5.74, 6) is -1.02. The normalized spacial score (nSPS) is 16.4. The lowest BCUT2D eigenvalue weighted by atomic mass is 10.0. The maximum Gasteiger partial charge on any atom is 0.254 e. The van der Waals surface area contributed by atoms with Gasteiger partial charge in [-0.15, -0.1) is 11.8 Å². The molecule has 0 radical (unpaired) electrons. The van der Waals surface area contributed by atoms with E-state index in [4.69, 9.17) is 0 Å². The average molecular weight is 398 g/mol. The van der Waals surface area contributed by atoms with E-state index >= 15 is 0 Å². The van der Waals surface area contributed by atoms with E-state index in [0.717, 1.165) is 4.90 Å².